The first-order valence-corrected chi connectivity index (χ1v) is 6.71. The minimum atomic E-state index is -1.08. The Balaban J connectivity index is 2.41. The first-order chi connectivity index (χ1) is 8.36. The predicted octanol–water partition coefficient (Wildman–Crippen LogP) is -0.210. The third kappa shape index (κ3) is 4.23. The van der Waals surface area contributed by atoms with Crippen molar-refractivity contribution in [2.24, 2.45) is 17.1 Å². The lowest BCUT2D eigenvalue weighted by Gasteiger charge is -2.39. The maximum atomic E-state index is 11.5. The van der Waals surface area contributed by atoms with Crippen molar-refractivity contribution < 1.29 is 9.90 Å². The summed E-state index contributed by atoms with van der Waals surface area (Å²) in [7, 11) is 2.14. The Morgan fingerprint density at radius 3 is 2.56 bits per heavy atom. The first-order valence-electron chi connectivity index (χ1n) is 6.71. The number of hydrogen-bond donors (Lipinski definition) is 3. The van der Waals surface area contributed by atoms with E-state index in [1.54, 1.807) is 0 Å². The van der Waals surface area contributed by atoms with Crippen LogP contribution in [0.2, 0.25) is 0 Å². The van der Waals surface area contributed by atoms with E-state index >= 15 is 0 Å². The minimum Gasteiger partial charge on any atom is -0.382 e. The number of piperidine rings is 1. The van der Waals surface area contributed by atoms with Gasteiger partial charge in [0.05, 0.1) is 0 Å². The zero-order valence-corrected chi connectivity index (χ0v) is 11.8. The van der Waals surface area contributed by atoms with Gasteiger partial charge in [-0.3, -0.25) is 4.79 Å². The number of likely N-dealkylation sites (tertiary alicyclic amines) is 1. The van der Waals surface area contributed by atoms with Gasteiger partial charge in [-0.15, -0.1) is 0 Å². The van der Waals surface area contributed by atoms with Crippen molar-refractivity contribution in [1.29, 1.82) is 0 Å². The molecule has 4 N–H and O–H groups in total. The lowest BCUT2D eigenvalue weighted by molar-refractivity contribution is -0.129. The number of amides is 1. The Labute approximate surface area is 110 Å². The molecule has 1 rings (SSSR count). The Bertz CT molecular complexity index is 273. The molecule has 1 fully saturated rings. The standard InChI is InChI=1S/C13H27N3O2/c1-13(2,9-15-12(18)11(17)8-14)10-4-6-16(3)7-5-10/h10-11,17H,4-9,14H2,1-3H3,(H,15,18). The number of hydrogen-bond acceptors (Lipinski definition) is 4. The van der Waals surface area contributed by atoms with Crippen LogP contribution < -0.4 is 11.1 Å². The third-order valence-corrected chi connectivity index (χ3v) is 4.07. The average molecular weight is 257 g/mol. The van der Waals surface area contributed by atoms with Crippen molar-refractivity contribution in [3.8, 4) is 0 Å². The molecule has 1 heterocycles. The van der Waals surface area contributed by atoms with Crippen LogP contribution in [0.5, 0.6) is 0 Å². The van der Waals surface area contributed by atoms with E-state index in [1.807, 2.05) is 0 Å². The zero-order chi connectivity index (χ0) is 13.8. The normalized spacial score (nSPS) is 20.7. The summed E-state index contributed by atoms with van der Waals surface area (Å²) in [6.07, 6.45) is 1.25. The van der Waals surface area contributed by atoms with E-state index in [0.717, 1.165) is 13.1 Å². The molecule has 0 radical (unpaired) electrons. The van der Waals surface area contributed by atoms with Gasteiger partial charge in [0.1, 0.15) is 6.10 Å². The van der Waals surface area contributed by atoms with Gasteiger partial charge < -0.3 is 21.1 Å². The molecule has 1 unspecified atom stereocenters. The number of rotatable bonds is 5. The first kappa shape index (κ1) is 15.4. The van der Waals surface area contributed by atoms with E-state index in [2.05, 4.69) is 31.1 Å². The van der Waals surface area contributed by atoms with E-state index in [9.17, 15) is 9.90 Å². The molecule has 0 aliphatic carbocycles. The van der Waals surface area contributed by atoms with Crippen molar-refractivity contribution in [3.63, 3.8) is 0 Å². The van der Waals surface area contributed by atoms with Crippen LogP contribution in [0.1, 0.15) is 26.7 Å². The number of aliphatic hydroxyl groups is 1. The van der Waals surface area contributed by atoms with Crippen molar-refractivity contribution in [1.82, 2.24) is 10.2 Å². The zero-order valence-electron chi connectivity index (χ0n) is 11.8. The predicted molar refractivity (Wildman–Crippen MR) is 72.1 cm³/mol. The topological polar surface area (TPSA) is 78.6 Å². The summed E-state index contributed by atoms with van der Waals surface area (Å²) in [4.78, 5) is 13.8. The molecule has 1 aliphatic rings. The van der Waals surface area contributed by atoms with Crippen LogP contribution >= 0.6 is 0 Å². The molecule has 18 heavy (non-hydrogen) atoms. The molecule has 0 bridgehead atoms. The second-order valence-corrected chi connectivity index (χ2v) is 6.04. The smallest absolute Gasteiger partial charge is 0.250 e. The number of aliphatic hydroxyl groups excluding tert-OH is 1. The monoisotopic (exact) mass is 257 g/mol. The molecule has 0 aromatic heterocycles. The molecule has 0 aromatic rings. The summed E-state index contributed by atoms with van der Waals surface area (Å²) >= 11 is 0. The quantitative estimate of drug-likeness (QED) is 0.637. The summed E-state index contributed by atoms with van der Waals surface area (Å²) < 4.78 is 0. The summed E-state index contributed by atoms with van der Waals surface area (Å²) in [5.41, 5.74) is 5.31. The van der Waals surface area contributed by atoms with Crippen LogP contribution in [0.15, 0.2) is 0 Å². The van der Waals surface area contributed by atoms with Gasteiger partial charge in [0, 0.05) is 13.1 Å². The third-order valence-electron chi connectivity index (χ3n) is 4.07. The maximum absolute atomic E-state index is 11.5. The van der Waals surface area contributed by atoms with E-state index in [-0.39, 0.29) is 17.9 Å². The lowest BCUT2D eigenvalue weighted by atomic mass is 9.73. The SMILES string of the molecule is CN1CCC(C(C)(C)CNC(=O)C(O)CN)CC1. The molecule has 5 heteroatoms. The summed E-state index contributed by atoms with van der Waals surface area (Å²) in [5, 5.41) is 12.1. The lowest BCUT2D eigenvalue weighted by Crippen LogP contribution is -2.46. The van der Waals surface area contributed by atoms with Gasteiger partial charge in [-0.1, -0.05) is 13.8 Å². The van der Waals surface area contributed by atoms with E-state index in [0.29, 0.717) is 12.5 Å². The highest BCUT2D eigenvalue weighted by molar-refractivity contribution is 5.80. The van der Waals surface area contributed by atoms with Crippen LogP contribution in [-0.4, -0.2) is 55.2 Å². The minimum absolute atomic E-state index is 0.0273. The molecule has 1 aliphatic heterocycles. The van der Waals surface area contributed by atoms with Gasteiger partial charge in [0.2, 0.25) is 5.91 Å². The number of carbonyl (C=O) groups excluding carboxylic acids is 1. The summed E-state index contributed by atoms with van der Waals surface area (Å²) in [5.74, 6) is 0.252. The van der Waals surface area contributed by atoms with Gasteiger partial charge in [0.25, 0.3) is 0 Å². The number of nitrogens with zero attached hydrogens (tertiary/aromatic N) is 1. The van der Waals surface area contributed by atoms with E-state index in [1.165, 1.54) is 12.8 Å². The molecule has 1 amide bonds. The van der Waals surface area contributed by atoms with Crippen LogP contribution in [0.3, 0.4) is 0 Å². The summed E-state index contributed by atoms with van der Waals surface area (Å²) in [6, 6.07) is 0. The molecule has 5 nitrogen and oxygen atoms in total. The molecular weight excluding hydrogens is 230 g/mol. The molecule has 0 saturated carbocycles. The van der Waals surface area contributed by atoms with Crippen molar-refractivity contribution >= 4 is 5.91 Å². The van der Waals surface area contributed by atoms with Gasteiger partial charge in [-0.25, -0.2) is 0 Å². The van der Waals surface area contributed by atoms with Gasteiger partial charge in [-0.2, -0.15) is 0 Å². The van der Waals surface area contributed by atoms with E-state index in [4.69, 9.17) is 5.73 Å². The maximum Gasteiger partial charge on any atom is 0.250 e. The Kier molecular flexibility index (Phi) is 5.56. The van der Waals surface area contributed by atoms with Crippen LogP contribution in [0.4, 0.5) is 0 Å². The number of nitrogens with one attached hydrogen (secondary N) is 1. The largest absolute Gasteiger partial charge is 0.382 e. The molecule has 106 valence electrons. The van der Waals surface area contributed by atoms with Gasteiger partial charge in [-0.05, 0) is 44.3 Å². The number of nitrogens with two attached hydrogens (primary N) is 1. The van der Waals surface area contributed by atoms with Crippen molar-refractivity contribution in [2.45, 2.75) is 32.8 Å². The van der Waals surface area contributed by atoms with Gasteiger partial charge >= 0.3 is 0 Å². The molecule has 1 atom stereocenters. The highest BCUT2D eigenvalue weighted by Crippen LogP contribution is 2.34. The van der Waals surface area contributed by atoms with Crippen LogP contribution in [0.25, 0.3) is 0 Å². The molecule has 0 aromatic carbocycles. The second-order valence-electron chi connectivity index (χ2n) is 6.04. The van der Waals surface area contributed by atoms with Crippen molar-refractivity contribution in [2.75, 3.05) is 33.2 Å². The summed E-state index contributed by atoms with van der Waals surface area (Å²) in [6.45, 7) is 7.16. The fourth-order valence-corrected chi connectivity index (χ4v) is 2.47. The van der Waals surface area contributed by atoms with Crippen LogP contribution in [-0.2, 0) is 4.79 Å². The highest BCUT2D eigenvalue weighted by atomic mass is 16.3. The Hall–Kier alpha value is -0.650. The van der Waals surface area contributed by atoms with Crippen molar-refractivity contribution in [3.05, 3.63) is 0 Å². The van der Waals surface area contributed by atoms with Gasteiger partial charge in [0.15, 0.2) is 0 Å². The average Bonchev–Trinajstić information content (AvgIpc) is 2.35. The van der Waals surface area contributed by atoms with Crippen LogP contribution in [0, 0.1) is 11.3 Å². The van der Waals surface area contributed by atoms with E-state index < -0.39 is 6.10 Å². The number of carbonyl (C=O) groups is 1. The second kappa shape index (κ2) is 6.50. The Morgan fingerprint density at radius 1 is 1.50 bits per heavy atom. The fourth-order valence-electron chi connectivity index (χ4n) is 2.47. The Morgan fingerprint density at radius 2 is 2.06 bits per heavy atom. The highest BCUT2D eigenvalue weighted by Gasteiger charge is 2.32. The molecular formula is C13H27N3O2. The molecule has 0 spiro atoms. The fraction of sp³-hybridized carbons (Fsp3) is 0.923. The molecule has 1 saturated heterocycles.